The molecule has 0 radical (unpaired) electrons. The molecule has 0 saturated carbocycles. The number of methoxy groups -OCH3 is 2. The zero-order valence-electron chi connectivity index (χ0n) is 20.9. The summed E-state index contributed by atoms with van der Waals surface area (Å²) in [6.07, 6.45) is 7.01. The van der Waals surface area contributed by atoms with E-state index in [-0.39, 0.29) is 47.9 Å². The molecule has 0 aliphatic heterocycles. The smallest absolute Gasteiger partial charge is 0.345 e. The standard InChI is InChI=1S/C26H40O7/c1-7-11-18(9-3)16-32-25(28)21(26(29)33-17-19(10-4)12-8-2)13-20-14-22(30-5)24(27)23(15-20)31-6/h13-15,18-19,27H,7-12,16-17H2,1-6H3. The second kappa shape index (κ2) is 15.2. The third-order valence-corrected chi connectivity index (χ3v) is 5.70. The normalized spacial score (nSPS) is 12.4. The maximum atomic E-state index is 12.9. The van der Waals surface area contributed by atoms with Crippen molar-refractivity contribution < 1.29 is 33.6 Å². The molecule has 186 valence electrons. The van der Waals surface area contributed by atoms with Crippen LogP contribution in [-0.2, 0) is 19.1 Å². The minimum Gasteiger partial charge on any atom is -0.502 e. The van der Waals surface area contributed by atoms with E-state index in [2.05, 4.69) is 13.8 Å². The van der Waals surface area contributed by atoms with Crippen molar-refractivity contribution in [2.24, 2.45) is 11.8 Å². The summed E-state index contributed by atoms with van der Waals surface area (Å²) in [4.78, 5) is 25.9. The number of aromatic hydroxyl groups is 1. The van der Waals surface area contributed by atoms with Crippen LogP contribution in [0.5, 0.6) is 17.2 Å². The third kappa shape index (κ3) is 8.98. The van der Waals surface area contributed by atoms with Crippen LogP contribution in [0.25, 0.3) is 6.08 Å². The molecule has 7 nitrogen and oxygen atoms in total. The van der Waals surface area contributed by atoms with Gasteiger partial charge < -0.3 is 24.1 Å². The molecule has 7 heteroatoms. The van der Waals surface area contributed by atoms with E-state index in [0.717, 1.165) is 38.5 Å². The van der Waals surface area contributed by atoms with Crippen molar-refractivity contribution in [3.63, 3.8) is 0 Å². The highest BCUT2D eigenvalue weighted by Crippen LogP contribution is 2.37. The summed E-state index contributed by atoms with van der Waals surface area (Å²) in [7, 11) is 2.81. The van der Waals surface area contributed by atoms with Crippen LogP contribution >= 0.6 is 0 Å². The molecule has 0 aliphatic rings. The second-order valence-electron chi connectivity index (χ2n) is 8.15. The molecule has 1 aromatic carbocycles. The van der Waals surface area contributed by atoms with Crippen LogP contribution in [0.2, 0.25) is 0 Å². The molecule has 33 heavy (non-hydrogen) atoms. The van der Waals surface area contributed by atoms with E-state index in [1.165, 1.54) is 32.4 Å². The van der Waals surface area contributed by atoms with Crippen LogP contribution < -0.4 is 9.47 Å². The van der Waals surface area contributed by atoms with Crippen LogP contribution in [0.3, 0.4) is 0 Å². The maximum Gasteiger partial charge on any atom is 0.345 e. The first-order valence-electron chi connectivity index (χ1n) is 11.9. The average Bonchev–Trinajstić information content (AvgIpc) is 2.82. The fourth-order valence-electron chi connectivity index (χ4n) is 3.53. The molecule has 0 fully saturated rings. The van der Waals surface area contributed by atoms with Gasteiger partial charge in [-0.25, -0.2) is 9.59 Å². The van der Waals surface area contributed by atoms with Gasteiger partial charge in [-0.3, -0.25) is 0 Å². The van der Waals surface area contributed by atoms with Crippen molar-refractivity contribution in [2.75, 3.05) is 27.4 Å². The molecule has 0 heterocycles. The first-order chi connectivity index (χ1) is 15.8. The topological polar surface area (TPSA) is 91.3 Å². The molecule has 2 atom stereocenters. The molecule has 0 aliphatic carbocycles. The summed E-state index contributed by atoms with van der Waals surface area (Å²) < 4.78 is 21.4. The van der Waals surface area contributed by atoms with E-state index in [0.29, 0.717) is 5.56 Å². The number of hydrogen-bond acceptors (Lipinski definition) is 7. The Balaban J connectivity index is 3.23. The van der Waals surface area contributed by atoms with Gasteiger partial charge in [0.2, 0.25) is 5.75 Å². The first-order valence-corrected chi connectivity index (χ1v) is 11.9. The zero-order chi connectivity index (χ0) is 24.8. The lowest BCUT2D eigenvalue weighted by molar-refractivity contribution is -0.148. The lowest BCUT2D eigenvalue weighted by Gasteiger charge is -2.17. The van der Waals surface area contributed by atoms with Crippen molar-refractivity contribution in [3.8, 4) is 17.2 Å². The summed E-state index contributed by atoms with van der Waals surface area (Å²) in [5, 5.41) is 10.2. The van der Waals surface area contributed by atoms with E-state index in [4.69, 9.17) is 18.9 Å². The minimum atomic E-state index is -0.732. The third-order valence-electron chi connectivity index (χ3n) is 5.70. The number of hydrogen-bond donors (Lipinski definition) is 1. The number of ether oxygens (including phenoxy) is 4. The Kier molecular flexibility index (Phi) is 13.0. The Hall–Kier alpha value is -2.70. The molecule has 0 aromatic heterocycles. The van der Waals surface area contributed by atoms with Crippen molar-refractivity contribution in [2.45, 2.75) is 66.2 Å². The number of carbonyl (C=O) groups is 2. The van der Waals surface area contributed by atoms with Gasteiger partial charge in [0.25, 0.3) is 0 Å². The zero-order valence-corrected chi connectivity index (χ0v) is 20.9. The highest BCUT2D eigenvalue weighted by Gasteiger charge is 2.24. The molecular weight excluding hydrogens is 424 g/mol. The predicted molar refractivity (Wildman–Crippen MR) is 128 cm³/mol. The molecule has 2 unspecified atom stereocenters. The van der Waals surface area contributed by atoms with E-state index in [9.17, 15) is 14.7 Å². The summed E-state index contributed by atoms with van der Waals surface area (Å²) in [5.41, 5.74) is 0.231. The summed E-state index contributed by atoms with van der Waals surface area (Å²) >= 11 is 0. The molecule has 0 spiro atoms. The number of carbonyl (C=O) groups excluding carboxylic acids is 2. The largest absolute Gasteiger partial charge is 0.502 e. The second-order valence-corrected chi connectivity index (χ2v) is 8.15. The van der Waals surface area contributed by atoms with Crippen LogP contribution in [-0.4, -0.2) is 44.5 Å². The number of phenols is 1. The Bertz CT molecular complexity index is 728. The van der Waals surface area contributed by atoms with Gasteiger partial charge in [0.1, 0.15) is 5.57 Å². The summed E-state index contributed by atoms with van der Waals surface area (Å²) in [6.45, 7) is 8.74. The van der Waals surface area contributed by atoms with E-state index in [1.54, 1.807) is 0 Å². The van der Waals surface area contributed by atoms with E-state index >= 15 is 0 Å². The highest BCUT2D eigenvalue weighted by atomic mass is 16.6. The maximum absolute atomic E-state index is 12.9. The lowest BCUT2D eigenvalue weighted by atomic mass is 10.0. The monoisotopic (exact) mass is 464 g/mol. The Labute approximate surface area is 198 Å². The minimum absolute atomic E-state index is 0.157. The van der Waals surface area contributed by atoms with Crippen molar-refractivity contribution >= 4 is 18.0 Å². The van der Waals surface area contributed by atoms with Crippen molar-refractivity contribution in [1.82, 2.24) is 0 Å². The number of esters is 2. The van der Waals surface area contributed by atoms with E-state index in [1.807, 2.05) is 13.8 Å². The van der Waals surface area contributed by atoms with Crippen LogP contribution in [0.1, 0.15) is 71.8 Å². The Morgan fingerprint density at radius 3 is 1.61 bits per heavy atom. The fraction of sp³-hybridized carbons (Fsp3) is 0.615. The highest BCUT2D eigenvalue weighted by molar-refractivity contribution is 6.17. The van der Waals surface area contributed by atoms with Gasteiger partial charge in [0, 0.05) is 0 Å². The SMILES string of the molecule is CCCC(CC)COC(=O)C(=Cc1cc(OC)c(O)c(OC)c1)C(=O)OCC(CC)CCC. The number of benzene rings is 1. The average molecular weight is 465 g/mol. The van der Waals surface area contributed by atoms with Gasteiger partial charge in [-0.15, -0.1) is 0 Å². The Morgan fingerprint density at radius 1 is 0.848 bits per heavy atom. The van der Waals surface area contributed by atoms with Gasteiger partial charge in [0.05, 0.1) is 27.4 Å². The van der Waals surface area contributed by atoms with Gasteiger partial charge in [-0.2, -0.15) is 0 Å². The molecule has 0 bridgehead atoms. The summed E-state index contributed by atoms with van der Waals surface area (Å²) in [5.74, 6) is -0.847. The summed E-state index contributed by atoms with van der Waals surface area (Å²) in [6, 6.07) is 3.02. The molecule has 0 amide bonds. The van der Waals surface area contributed by atoms with Gasteiger partial charge >= 0.3 is 11.9 Å². The number of rotatable bonds is 15. The Morgan fingerprint density at radius 2 is 1.27 bits per heavy atom. The van der Waals surface area contributed by atoms with Crippen LogP contribution in [0.15, 0.2) is 17.7 Å². The van der Waals surface area contributed by atoms with Crippen molar-refractivity contribution in [3.05, 3.63) is 23.3 Å². The van der Waals surface area contributed by atoms with Crippen molar-refractivity contribution in [1.29, 1.82) is 0 Å². The van der Waals surface area contributed by atoms with Crippen LogP contribution in [0, 0.1) is 11.8 Å². The molecular formula is C26H40O7. The molecule has 1 aromatic rings. The fourth-order valence-corrected chi connectivity index (χ4v) is 3.53. The lowest BCUT2D eigenvalue weighted by Crippen LogP contribution is -2.23. The molecule has 0 saturated heterocycles. The van der Waals surface area contributed by atoms with Gasteiger partial charge in [-0.1, -0.05) is 53.4 Å². The molecule has 1 N–H and O–H groups in total. The molecule has 1 rings (SSSR count). The van der Waals surface area contributed by atoms with Crippen LogP contribution in [0.4, 0.5) is 0 Å². The predicted octanol–water partition coefficient (Wildman–Crippen LogP) is 5.53. The number of phenolic OH excluding ortho intramolecular Hbond substituents is 1. The van der Waals surface area contributed by atoms with Gasteiger partial charge in [-0.05, 0) is 48.4 Å². The van der Waals surface area contributed by atoms with Gasteiger partial charge in [0.15, 0.2) is 11.5 Å². The first kappa shape index (κ1) is 28.3. The van der Waals surface area contributed by atoms with E-state index < -0.39 is 11.9 Å². The quantitative estimate of drug-likeness (QED) is 0.158.